The molecule has 0 radical (unpaired) electrons. The molecule has 0 spiro atoms. The number of nitrogens with zero attached hydrogens (tertiary/aromatic N) is 1. The van der Waals surface area contributed by atoms with Gasteiger partial charge in [0.25, 0.3) is 0 Å². The van der Waals surface area contributed by atoms with Crippen molar-refractivity contribution in [3.63, 3.8) is 0 Å². The maximum Gasteiger partial charge on any atom is 0.242 e. The molecule has 144 valence electrons. The average Bonchev–Trinajstić information content (AvgIpc) is 2.66. The Morgan fingerprint density at radius 3 is 2.41 bits per heavy atom. The van der Waals surface area contributed by atoms with E-state index in [9.17, 15) is 9.59 Å². The largest absolute Gasteiger partial charge is 0.357 e. The molecule has 0 saturated heterocycles. The molecule has 4 nitrogen and oxygen atoms in total. The number of likely N-dealkylation sites (N-methyl/N-ethyl adjacent to an activating group) is 1. The first-order valence-corrected chi connectivity index (χ1v) is 10.4. The van der Waals surface area contributed by atoms with Gasteiger partial charge in [0.05, 0.1) is 5.75 Å². The average molecular weight is 425 g/mol. The van der Waals surface area contributed by atoms with Gasteiger partial charge in [-0.15, -0.1) is 11.8 Å². The number of nitrogens with one attached hydrogen (secondary N) is 1. The van der Waals surface area contributed by atoms with Gasteiger partial charge in [-0.3, -0.25) is 9.59 Å². The van der Waals surface area contributed by atoms with Gasteiger partial charge in [0.2, 0.25) is 11.8 Å². The van der Waals surface area contributed by atoms with Crippen LogP contribution in [0.5, 0.6) is 0 Å². The highest BCUT2D eigenvalue weighted by Crippen LogP contribution is 2.19. The monoisotopic (exact) mass is 424 g/mol. The SMILES string of the molecule is CNC(=O)[C@H](C)N(Cc1ccc(Cl)cc1)C(=O)CSCc1cccc(Cl)c1. The van der Waals surface area contributed by atoms with E-state index in [0.29, 0.717) is 22.3 Å². The lowest BCUT2D eigenvalue weighted by atomic mass is 10.1. The zero-order chi connectivity index (χ0) is 19.8. The summed E-state index contributed by atoms with van der Waals surface area (Å²) in [7, 11) is 1.57. The van der Waals surface area contributed by atoms with Gasteiger partial charge in [-0.05, 0) is 42.3 Å². The van der Waals surface area contributed by atoms with Gasteiger partial charge in [-0.1, -0.05) is 47.5 Å². The highest BCUT2D eigenvalue weighted by Gasteiger charge is 2.25. The molecule has 2 aromatic carbocycles. The number of rotatable bonds is 8. The van der Waals surface area contributed by atoms with Gasteiger partial charge in [0, 0.05) is 29.4 Å². The Kier molecular flexibility index (Phi) is 8.48. The first-order chi connectivity index (χ1) is 12.9. The van der Waals surface area contributed by atoms with E-state index in [-0.39, 0.29) is 17.6 Å². The number of halogens is 2. The second kappa shape index (κ2) is 10.6. The lowest BCUT2D eigenvalue weighted by Gasteiger charge is -2.28. The highest BCUT2D eigenvalue weighted by atomic mass is 35.5. The molecule has 0 aromatic heterocycles. The van der Waals surface area contributed by atoms with Crippen LogP contribution in [-0.4, -0.2) is 35.6 Å². The van der Waals surface area contributed by atoms with Crippen molar-refractivity contribution in [3.8, 4) is 0 Å². The summed E-state index contributed by atoms with van der Waals surface area (Å²) in [6.45, 7) is 2.08. The third-order valence-corrected chi connectivity index (χ3v) is 5.54. The van der Waals surface area contributed by atoms with E-state index in [4.69, 9.17) is 23.2 Å². The molecule has 0 saturated carbocycles. The Hall–Kier alpha value is -1.69. The summed E-state index contributed by atoms with van der Waals surface area (Å²) in [5, 5.41) is 3.92. The predicted molar refractivity (Wildman–Crippen MR) is 113 cm³/mol. The fourth-order valence-corrected chi connectivity index (χ4v) is 3.74. The molecular weight excluding hydrogens is 403 g/mol. The number of hydrogen-bond acceptors (Lipinski definition) is 3. The molecule has 1 N–H and O–H groups in total. The van der Waals surface area contributed by atoms with Crippen LogP contribution in [0, 0.1) is 0 Å². The fraction of sp³-hybridized carbons (Fsp3) is 0.300. The molecule has 1 atom stereocenters. The molecule has 0 aliphatic carbocycles. The number of benzene rings is 2. The van der Waals surface area contributed by atoms with Crippen LogP contribution in [-0.2, 0) is 21.9 Å². The van der Waals surface area contributed by atoms with Gasteiger partial charge in [0.15, 0.2) is 0 Å². The summed E-state index contributed by atoms with van der Waals surface area (Å²) in [4.78, 5) is 26.5. The summed E-state index contributed by atoms with van der Waals surface area (Å²) in [6.07, 6.45) is 0. The Morgan fingerprint density at radius 2 is 1.78 bits per heavy atom. The first kappa shape index (κ1) is 21.6. The normalized spacial score (nSPS) is 11.7. The fourth-order valence-electron chi connectivity index (χ4n) is 2.54. The van der Waals surface area contributed by atoms with Crippen molar-refractivity contribution in [2.45, 2.75) is 25.3 Å². The van der Waals surface area contributed by atoms with Gasteiger partial charge in [0.1, 0.15) is 6.04 Å². The van der Waals surface area contributed by atoms with Gasteiger partial charge in [-0.25, -0.2) is 0 Å². The first-order valence-electron chi connectivity index (χ1n) is 8.48. The lowest BCUT2D eigenvalue weighted by Crippen LogP contribution is -2.47. The second-order valence-electron chi connectivity index (χ2n) is 6.06. The van der Waals surface area contributed by atoms with Gasteiger partial charge < -0.3 is 10.2 Å². The van der Waals surface area contributed by atoms with Crippen molar-refractivity contribution in [2.75, 3.05) is 12.8 Å². The zero-order valence-corrected chi connectivity index (χ0v) is 17.6. The Bertz CT molecular complexity index is 784. The molecule has 0 aliphatic heterocycles. The van der Waals surface area contributed by atoms with E-state index in [0.717, 1.165) is 11.1 Å². The van der Waals surface area contributed by atoms with Crippen molar-refractivity contribution >= 4 is 46.8 Å². The van der Waals surface area contributed by atoms with Crippen molar-refractivity contribution in [1.82, 2.24) is 10.2 Å². The Balaban J connectivity index is 2.03. The van der Waals surface area contributed by atoms with Gasteiger partial charge >= 0.3 is 0 Å². The van der Waals surface area contributed by atoms with E-state index in [2.05, 4.69) is 5.32 Å². The summed E-state index contributed by atoms with van der Waals surface area (Å²) in [5.41, 5.74) is 1.98. The third-order valence-electron chi connectivity index (χ3n) is 4.06. The van der Waals surface area contributed by atoms with Crippen molar-refractivity contribution < 1.29 is 9.59 Å². The molecule has 7 heteroatoms. The zero-order valence-electron chi connectivity index (χ0n) is 15.2. The Morgan fingerprint density at radius 1 is 1.07 bits per heavy atom. The molecule has 2 rings (SSSR count). The van der Waals surface area contributed by atoms with Crippen molar-refractivity contribution in [2.24, 2.45) is 0 Å². The summed E-state index contributed by atoms with van der Waals surface area (Å²) in [6, 6.07) is 14.3. The van der Waals surface area contributed by atoms with Crippen LogP contribution in [0.1, 0.15) is 18.1 Å². The molecule has 0 aliphatic rings. The quantitative estimate of drug-likeness (QED) is 0.683. The minimum absolute atomic E-state index is 0.0897. The molecule has 27 heavy (non-hydrogen) atoms. The van der Waals surface area contributed by atoms with Gasteiger partial charge in [-0.2, -0.15) is 0 Å². The van der Waals surface area contributed by atoms with Crippen LogP contribution in [0.25, 0.3) is 0 Å². The number of carbonyl (C=O) groups excluding carboxylic acids is 2. The molecule has 0 heterocycles. The van der Waals surface area contributed by atoms with Crippen LogP contribution >= 0.6 is 35.0 Å². The third kappa shape index (κ3) is 6.76. The van der Waals surface area contributed by atoms with E-state index in [1.807, 2.05) is 36.4 Å². The molecule has 0 fully saturated rings. The van der Waals surface area contributed by atoms with Crippen LogP contribution in [0.15, 0.2) is 48.5 Å². The molecule has 2 aromatic rings. The maximum atomic E-state index is 12.8. The number of amides is 2. The predicted octanol–water partition coefficient (Wildman–Crippen LogP) is 4.39. The van der Waals surface area contributed by atoms with Crippen LogP contribution in [0.3, 0.4) is 0 Å². The topological polar surface area (TPSA) is 49.4 Å². The molecule has 0 unspecified atom stereocenters. The number of hydrogen-bond donors (Lipinski definition) is 1. The minimum atomic E-state index is -0.565. The number of carbonyl (C=O) groups is 2. The van der Waals surface area contributed by atoms with E-state index in [1.165, 1.54) is 11.8 Å². The second-order valence-corrected chi connectivity index (χ2v) is 7.92. The molecule has 0 bridgehead atoms. The summed E-state index contributed by atoms with van der Waals surface area (Å²) in [5.74, 6) is 0.668. The van der Waals surface area contributed by atoms with Crippen molar-refractivity contribution in [3.05, 3.63) is 69.7 Å². The molecule has 2 amide bonds. The van der Waals surface area contributed by atoms with Crippen LogP contribution in [0.4, 0.5) is 0 Å². The highest BCUT2D eigenvalue weighted by molar-refractivity contribution is 7.99. The van der Waals surface area contributed by atoms with Crippen LogP contribution < -0.4 is 5.32 Å². The van der Waals surface area contributed by atoms with E-state index < -0.39 is 6.04 Å². The molecular formula is C20H22Cl2N2O2S. The Labute approximate surface area is 174 Å². The maximum absolute atomic E-state index is 12.8. The summed E-state index contributed by atoms with van der Waals surface area (Å²) >= 11 is 13.4. The summed E-state index contributed by atoms with van der Waals surface area (Å²) < 4.78 is 0. The number of thioether (sulfide) groups is 1. The van der Waals surface area contributed by atoms with Crippen LogP contribution in [0.2, 0.25) is 10.0 Å². The van der Waals surface area contributed by atoms with E-state index in [1.54, 1.807) is 31.0 Å². The lowest BCUT2D eigenvalue weighted by molar-refractivity contribution is -0.138. The van der Waals surface area contributed by atoms with E-state index >= 15 is 0 Å². The smallest absolute Gasteiger partial charge is 0.242 e. The standard InChI is InChI=1S/C20H22Cl2N2O2S/c1-14(20(26)23-2)24(11-15-6-8-17(21)9-7-15)19(25)13-27-12-16-4-3-5-18(22)10-16/h3-10,14H,11-13H2,1-2H3,(H,23,26)/t14-/m0/s1. The minimum Gasteiger partial charge on any atom is -0.357 e. The van der Waals surface area contributed by atoms with Crippen molar-refractivity contribution in [1.29, 1.82) is 0 Å².